The lowest BCUT2D eigenvalue weighted by Gasteiger charge is -2.29. The minimum absolute atomic E-state index is 0.0526. The van der Waals surface area contributed by atoms with E-state index >= 15 is 0 Å². The molecule has 1 fully saturated rings. The number of carbonyl (C=O) groups is 1. The summed E-state index contributed by atoms with van der Waals surface area (Å²) >= 11 is 0. The second kappa shape index (κ2) is 5.80. The maximum absolute atomic E-state index is 11.0. The van der Waals surface area contributed by atoms with Crippen LogP contribution >= 0.6 is 0 Å². The maximum atomic E-state index is 11.0. The number of aromatic amines is 1. The zero-order valence-electron chi connectivity index (χ0n) is 11.2. The largest absolute Gasteiger partial charge is 0.476 e. The summed E-state index contributed by atoms with van der Waals surface area (Å²) in [4.78, 5) is 13.2. The number of nitrogens with one attached hydrogen (secondary N) is 1. The molecule has 110 valence electrons. The Morgan fingerprint density at radius 1 is 1.33 bits per heavy atom. The van der Waals surface area contributed by atoms with E-state index in [0.717, 1.165) is 18.8 Å². The van der Waals surface area contributed by atoms with Gasteiger partial charge in [0.05, 0.1) is 18.9 Å². The molecule has 2 aromatic rings. The lowest BCUT2D eigenvalue weighted by Crippen LogP contribution is -2.36. The first-order valence-electron chi connectivity index (χ1n) is 6.49. The molecule has 2 N–H and O–H groups in total. The van der Waals surface area contributed by atoms with Crippen LogP contribution in [0.3, 0.4) is 0 Å². The number of morpholine rings is 1. The van der Waals surface area contributed by atoms with Gasteiger partial charge < -0.3 is 19.5 Å². The van der Waals surface area contributed by atoms with E-state index in [-0.39, 0.29) is 11.6 Å². The van der Waals surface area contributed by atoms with Crippen LogP contribution in [-0.4, -0.2) is 52.8 Å². The number of nitrogens with zero attached hydrogens (tertiary/aromatic N) is 3. The number of aromatic carboxylic acids is 1. The van der Waals surface area contributed by atoms with E-state index in [1.807, 2.05) is 18.2 Å². The number of para-hydroxylation sites is 2. The molecule has 0 aliphatic carbocycles. The fourth-order valence-electron chi connectivity index (χ4n) is 2.14. The number of H-pyrrole nitrogens is 1. The number of rotatable bonds is 4. The molecule has 3 rings (SSSR count). The zero-order valence-corrected chi connectivity index (χ0v) is 11.2. The Labute approximate surface area is 120 Å². The van der Waals surface area contributed by atoms with Crippen molar-refractivity contribution < 1.29 is 19.4 Å². The average Bonchev–Trinajstić information content (AvgIpc) is 2.97. The second-order valence-corrected chi connectivity index (χ2v) is 4.47. The highest BCUT2D eigenvalue weighted by Gasteiger charge is 2.20. The number of carboxylic acid groups (broad SMARTS) is 1. The molecule has 21 heavy (non-hydrogen) atoms. The highest BCUT2D eigenvalue weighted by Crippen LogP contribution is 2.32. The summed E-state index contributed by atoms with van der Waals surface area (Å²) in [5.74, 6) is -0.683. The fourth-order valence-corrected chi connectivity index (χ4v) is 2.14. The Balaban J connectivity index is 1.88. The molecule has 0 atom stereocenters. The van der Waals surface area contributed by atoms with Gasteiger partial charge in [-0.3, -0.25) is 0 Å². The van der Waals surface area contributed by atoms with E-state index in [9.17, 15) is 4.79 Å². The molecule has 2 heterocycles. The van der Waals surface area contributed by atoms with E-state index in [4.69, 9.17) is 14.6 Å². The Morgan fingerprint density at radius 3 is 2.86 bits per heavy atom. The van der Waals surface area contributed by atoms with Crippen molar-refractivity contribution in [1.29, 1.82) is 0 Å². The molecule has 1 aromatic heterocycles. The third-order valence-corrected chi connectivity index (χ3v) is 3.15. The van der Waals surface area contributed by atoms with Crippen molar-refractivity contribution in [2.75, 3.05) is 31.2 Å². The van der Waals surface area contributed by atoms with E-state index in [0.29, 0.717) is 19.0 Å². The lowest BCUT2D eigenvalue weighted by atomic mass is 10.2. The molecule has 0 spiro atoms. The number of benzene rings is 1. The highest BCUT2D eigenvalue weighted by molar-refractivity contribution is 5.87. The molecule has 0 saturated carbocycles. The van der Waals surface area contributed by atoms with E-state index < -0.39 is 5.97 Å². The first kappa shape index (κ1) is 13.4. The molecular formula is C13H14N4O4. The number of hydrogen-bond acceptors (Lipinski definition) is 6. The summed E-state index contributed by atoms with van der Waals surface area (Å²) in [5, 5.41) is 18.5. The lowest BCUT2D eigenvalue weighted by molar-refractivity contribution is 0.0687. The van der Waals surface area contributed by atoms with Gasteiger partial charge in [-0.2, -0.15) is 0 Å². The highest BCUT2D eigenvalue weighted by atomic mass is 16.5. The number of ether oxygens (including phenoxy) is 2. The summed E-state index contributed by atoms with van der Waals surface area (Å²) < 4.78 is 11.0. The van der Waals surface area contributed by atoms with Gasteiger partial charge in [-0.05, 0) is 12.1 Å². The van der Waals surface area contributed by atoms with E-state index in [1.165, 1.54) is 0 Å². The van der Waals surface area contributed by atoms with Crippen molar-refractivity contribution >= 4 is 11.7 Å². The molecule has 0 amide bonds. The number of carboxylic acids is 1. The van der Waals surface area contributed by atoms with Crippen LogP contribution in [-0.2, 0) is 4.74 Å². The van der Waals surface area contributed by atoms with Crippen LogP contribution in [0.1, 0.15) is 10.5 Å². The average molecular weight is 290 g/mol. The van der Waals surface area contributed by atoms with Gasteiger partial charge in [0.25, 0.3) is 5.88 Å². The van der Waals surface area contributed by atoms with Gasteiger partial charge in [-0.1, -0.05) is 22.4 Å². The summed E-state index contributed by atoms with van der Waals surface area (Å²) in [6.07, 6.45) is 0. The predicted molar refractivity (Wildman–Crippen MR) is 72.9 cm³/mol. The molecule has 0 radical (unpaired) electrons. The topological polar surface area (TPSA) is 101 Å². The summed E-state index contributed by atoms with van der Waals surface area (Å²) in [6, 6.07) is 7.41. The van der Waals surface area contributed by atoms with Gasteiger partial charge in [0, 0.05) is 13.1 Å². The van der Waals surface area contributed by atoms with Crippen LogP contribution in [0.25, 0.3) is 0 Å². The first-order valence-corrected chi connectivity index (χ1v) is 6.49. The van der Waals surface area contributed by atoms with Gasteiger partial charge in [-0.25, -0.2) is 9.89 Å². The minimum atomic E-state index is -1.17. The Kier molecular flexibility index (Phi) is 3.69. The third-order valence-electron chi connectivity index (χ3n) is 3.15. The van der Waals surface area contributed by atoms with Crippen molar-refractivity contribution in [3.05, 3.63) is 30.0 Å². The van der Waals surface area contributed by atoms with Gasteiger partial charge >= 0.3 is 5.97 Å². The molecular weight excluding hydrogens is 276 g/mol. The van der Waals surface area contributed by atoms with Crippen molar-refractivity contribution in [2.24, 2.45) is 0 Å². The molecule has 1 aliphatic heterocycles. The van der Waals surface area contributed by atoms with Crippen LogP contribution < -0.4 is 9.64 Å². The number of aromatic nitrogens is 3. The Bertz CT molecular complexity index is 637. The minimum Gasteiger partial charge on any atom is -0.476 e. The van der Waals surface area contributed by atoms with Gasteiger partial charge in [0.2, 0.25) is 5.69 Å². The number of anilines is 1. The van der Waals surface area contributed by atoms with Crippen LogP contribution in [0, 0.1) is 0 Å². The van der Waals surface area contributed by atoms with E-state index in [1.54, 1.807) is 6.07 Å². The van der Waals surface area contributed by atoms with Crippen LogP contribution in [0.15, 0.2) is 24.3 Å². The quantitative estimate of drug-likeness (QED) is 0.870. The van der Waals surface area contributed by atoms with Crippen molar-refractivity contribution in [2.45, 2.75) is 0 Å². The van der Waals surface area contributed by atoms with Crippen LogP contribution in [0.5, 0.6) is 11.6 Å². The van der Waals surface area contributed by atoms with Crippen molar-refractivity contribution in [1.82, 2.24) is 15.4 Å². The van der Waals surface area contributed by atoms with Crippen LogP contribution in [0.4, 0.5) is 5.69 Å². The normalized spacial score (nSPS) is 15.0. The smallest absolute Gasteiger partial charge is 0.359 e. The first-order chi connectivity index (χ1) is 10.3. The van der Waals surface area contributed by atoms with E-state index in [2.05, 4.69) is 20.3 Å². The molecule has 8 nitrogen and oxygen atoms in total. The standard InChI is InChI=1S/C13H14N4O4/c18-13(19)11-12(15-16-14-11)21-10-4-2-1-3-9(10)17-5-7-20-8-6-17/h1-4H,5-8H2,(H,18,19)(H,14,15,16). The molecule has 1 saturated heterocycles. The monoisotopic (exact) mass is 290 g/mol. The van der Waals surface area contributed by atoms with Gasteiger partial charge in [0.1, 0.15) is 0 Å². The van der Waals surface area contributed by atoms with Crippen molar-refractivity contribution in [3.63, 3.8) is 0 Å². The van der Waals surface area contributed by atoms with Crippen molar-refractivity contribution in [3.8, 4) is 11.6 Å². The van der Waals surface area contributed by atoms with Gasteiger partial charge in [0.15, 0.2) is 5.75 Å². The Hall–Kier alpha value is -2.61. The fraction of sp³-hybridized carbons (Fsp3) is 0.308. The SMILES string of the molecule is O=C(O)c1[nH]nnc1Oc1ccccc1N1CCOCC1. The molecule has 1 aromatic carbocycles. The molecule has 0 bridgehead atoms. The molecule has 1 aliphatic rings. The number of hydrogen-bond donors (Lipinski definition) is 2. The summed E-state index contributed by atoms with van der Waals surface area (Å²) in [7, 11) is 0. The summed E-state index contributed by atoms with van der Waals surface area (Å²) in [5.41, 5.74) is 0.701. The zero-order chi connectivity index (χ0) is 14.7. The van der Waals surface area contributed by atoms with Gasteiger partial charge in [-0.15, -0.1) is 0 Å². The Morgan fingerprint density at radius 2 is 2.10 bits per heavy atom. The van der Waals surface area contributed by atoms with Crippen LogP contribution in [0.2, 0.25) is 0 Å². The summed E-state index contributed by atoms with van der Waals surface area (Å²) in [6.45, 7) is 2.81. The predicted octanol–water partition coefficient (Wildman–Crippen LogP) is 1.13. The third kappa shape index (κ3) is 2.79. The molecule has 8 heteroatoms. The molecule has 0 unspecified atom stereocenters. The maximum Gasteiger partial charge on any atom is 0.359 e. The second-order valence-electron chi connectivity index (χ2n) is 4.47.